The summed E-state index contributed by atoms with van der Waals surface area (Å²) < 4.78 is 39.1. The van der Waals surface area contributed by atoms with Crippen molar-refractivity contribution >= 4 is 23.4 Å². The summed E-state index contributed by atoms with van der Waals surface area (Å²) in [5.74, 6) is 0.363. The number of hydrogen-bond donors (Lipinski definition) is 0. The number of thioether (sulfide) groups is 1. The van der Waals surface area contributed by atoms with Crippen molar-refractivity contribution in [3.05, 3.63) is 57.0 Å². The Morgan fingerprint density at radius 3 is 2.67 bits per heavy atom. The Bertz CT molecular complexity index is 715. The zero-order valence-electron chi connectivity index (χ0n) is 10.8. The third-order valence-electron chi connectivity index (χ3n) is 2.64. The van der Waals surface area contributed by atoms with Gasteiger partial charge in [-0.15, -0.1) is 0 Å². The lowest BCUT2D eigenvalue weighted by Crippen LogP contribution is -2.23. The van der Waals surface area contributed by atoms with Crippen LogP contribution in [-0.2, 0) is 19.0 Å². The monoisotopic (exact) mass is 334 g/mol. The molecule has 0 saturated heterocycles. The Labute approximate surface area is 127 Å². The maximum atomic E-state index is 12.7. The van der Waals surface area contributed by atoms with E-state index in [0.717, 1.165) is 21.9 Å². The van der Waals surface area contributed by atoms with Crippen LogP contribution in [0.15, 0.2) is 40.3 Å². The Morgan fingerprint density at radius 2 is 2.05 bits per heavy atom. The molecule has 1 aromatic heterocycles. The first-order valence-corrected chi connectivity index (χ1v) is 7.16. The minimum Gasteiger partial charge on any atom is -0.291 e. The fourth-order valence-corrected chi connectivity index (χ4v) is 2.70. The Kier molecular flexibility index (Phi) is 4.63. The van der Waals surface area contributed by atoms with E-state index in [1.807, 2.05) is 0 Å². The largest absolute Gasteiger partial charge is 0.433 e. The molecule has 0 spiro atoms. The van der Waals surface area contributed by atoms with Gasteiger partial charge in [-0.1, -0.05) is 35.5 Å². The topological polar surface area (TPSA) is 34.9 Å². The van der Waals surface area contributed by atoms with Gasteiger partial charge in [-0.3, -0.25) is 9.36 Å². The summed E-state index contributed by atoms with van der Waals surface area (Å²) in [6, 6.07) is 7.44. The maximum absolute atomic E-state index is 12.7. The van der Waals surface area contributed by atoms with Gasteiger partial charge in [0.05, 0.1) is 0 Å². The fourth-order valence-electron chi connectivity index (χ4n) is 1.57. The molecule has 0 aliphatic rings. The van der Waals surface area contributed by atoms with Crippen molar-refractivity contribution in [2.45, 2.75) is 17.1 Å². The van der Waals surface area contributed by atoms with E-state index in [1.165, 1.54) is 7.05 Å². The molecule has 0 N–H and O–H groups in total. The number of halogens is 4. The molecule has 0 atom stereocenters. The van der Waals surface area contributed by atoms with Crippen molar-refractivity contribution in [2.75, 3.05) is 0 Å². The number of alkyl halides is 3. The van der Waals surface area contributed by atoms with E-state index in [1.54, 1.807) is 24.3 Å². The van der Waals surface area contributed by atoms with Gasteiger partial charge < -0.3 is 0 Å². The Balaban J connectivity index is 2.27. The number of aromatic nitrogens is 2. The molecule has 3 nitrogen and oxygen atoms in total. The van der Waals surface area contributed by atoms with Gasteiger partial charge in [0.15, 0.2) is 10.9 Å². The summed E-state index contributed by atoms with van der Waals surface area (Å²) >= 11 is 6.89. The van der Waals surface area contributed by atoms with Gasteiger partial charge in [0.1, 0.15) is 0 Å². The SMILES string of the molecule is Cn1c(SCc2cccc(Cl)c2)nc(C(F)(F)F)cc1=O. The summed E-state index contributed by atoms with van der Waals surface area (Å²) in [7, 11) is 1.38. The maximum Gasteiger partial charge on any atom is 0.433 e. The Hall–Kier alpha value is -1.47. The van der Waals surface area contributed by atoms with Crippen molar-refractivity contribution in [3.63, 3.8) is 0 Å². The van der Waals surface area contributed by atoms with E-state index >= 15 is 0 Å². The lowest BCUT2D eigenvalue weighted by Gasteiger charge is -2.11. The number of benzene rings is 1. The first-order chi connectivity index (χ1) is 9.77. The first-order valence-electron chi connectivity index (χ1n) is 5.80. The molecule has 1 heterocycles. The molecule has 0 bridgehead atoms. The number of hydrogen-bond acceptors (Lipinski definition) is 3. The Morgan fingerprint density at radius 1 is 1.33 bits per heavy atom. The van der Waals surface area contributed by atoms with Crippen LogP contribution in [0.25, 0.3) is 0 Å². The van der Waals surface area contributed by atoms with E-state index in [-0.39, 0.29) is 5.16 Å². The van der Waals surface area contributed by atoms with E-state index in [0.29, 0.717) is 16.8 Å². The summed E-state index contributed by atoms with van der Waals surface area (Å²) in [4.78, 5) is 15.1. The predicted octanol–water partition coefficient (Wildman–Crippen LogP) is 3.74. The van der Waals surface area contributed by atoms with Gasteiger partial charge in [-0.25, -0.2) is 4.98 Å². The molecule has 0 saturated carbocycles. The molecule has 2 aromatic rings. The van der Waals surface area contributed by atoms with Crippen molar-refractivity contribution in [3.8, 4) is 0 Å². The molecular formula is C13H10ClF3N2OS. The molecule has 0 unspecified atom stereocenters. The molecule has 8 heteroatoms. The highest BCUT2D eigenvalue weighted by atomic mass is 35.5. The molecule has 112 valence electrons. The second kappa shape index (κ2) is 6.11. The highest BCUT2D eigenvalue weighted by molar-refractivity contribution is 7.98. The zero-order valence-corrected chi connectivity index (χ0v) is 12.4. The van der Waals surface area contributed by atoms with Crippen LogP contribution in [0.4, 0.5) is 13.2 Å². The average molecular weight is 335 g/mol. The van der Waals surface area contributed by atoms with Crippen LogP contribution in [0.5, 0.6) is 0 Å². The van der Waals surface area contributed by atoms with Crippen LogP contribution < -0.4 is 5.56 Å². The zero-order chi connectivity index (χ0) is 15.6. The molecule has 0 fully saturated rings. The van der Waals surface area contributed by atoms with Gasteiger partial charge in [0.2, 0.25) is 0 Å². The lowest BCUT2D eigenvalue weighted by molar-refractivity contribution is -0.141. The van der Waals surface area contributed by atoms with E-state index in [4.69, 9.17) is 11.6 Å². The summed E-state index contributed by atoms with van der Waals surface area (Å²) in [6.07, 6.45) is -4.64. The summed E-state index contributed by atoms with van der Waals surface area (Å²) in [5.41, 5.74) is -1.09. The summed E-state index contributed by atoms with van der Waals surface area (Å²) in [5, 5.41) is 0.550. The molecule has 0 aliphatic carbocycles. The standard InChI is InChI=1S/C13H10ClF3N2OS/c1-19-11(20)6-10(13(15,16)17)18-12(19)21-7-8-3-2-4-9(14)5-8/h2-6H,7H2,1H3. The van der Waals surface area contributed by atoms with Crippen molar-refractivity contribution in [1.29, 1.82) is 0 Å². The molecule has 0 aliphatic heterocycles. The third-order valence-corrected chi connectivity index (χ3v) is 3.98. The lowest BCUT2D eigenvalue weighted by atomic mass is 10.2. The van der Waals surface area contributed by atoms with Crippen LogP contribution in [0.3, 0.4) is 0 Å². The van der Waals surface area contributed by atoms with Crippen LogP contribution >= 0.6 is 23.4 Å². The third kappa shape index (κ3) is 4.01. The van der Waals surface area contributed by atoms with Gasteiger partial charge in [-0.05, 0) is 17.7 Å². The molecule has 0 radical (unpaired) electrons. The molecular weight excluding hydrogens is 325 g/mol. The first kappa shape index (κ1) is 15.9. The van der Waals surface area contributed by atoms with Gasteiger partial charge in [0, 0.05) is 23.9 Å². The van der Waals surface area contributed by atoms with Gasteiger partial charge in [-0.2, -0.15) is 13.2 Å². The minimum atomic E-state index is -4.64. The summed E-state index contributed by atoms with van der Waals surface area (Å²) in [6.45, 7) is 0. The van der Waals surface area contributed by atoms with Gasteiger partial charge in [0.25, 0.3) is 5.56 Å². The smallest absolute Gasteiger partial charge is 0.291 e. The van der Waals surface area contributed by atoms with Crippen molar-refractivity contribution < 1.29 is 13.2 Å². The van der Waals surface area contributed by atoms with Crippen LogP contribution in [0.2, 0.25) is 5.02 Å². The average Bonchev–Trinajstić information content (AvgIpc) is 2.39. The van der Waals surface area contributed by atoms with Crippen LogP contribution in [0, 0.1) is 0 Å². The number of rotatable bonds is 3. The molecule has 0 amide bonds. The van der Waals surface area contributed by atoms with E-state index in [2.05, 4.69) is 4.98 Å². The quantitative estimate of drug-likeness (QED) is 0.633. The van der Waals surface area contributed by atoms with Crippen LogP contribution in [0.1, 0.15) is 11.3 Å². The number of nitrogens with zero attached hydrogens (tertiary/aromatic N) is 2. The highest BCUT2D eigenvalue weighted by Gasteiger charge is 2.33. The van der Waals surface area contributed by atoms with Crippen molar-refractivity contribution in [2.24, 2.45) is 7.05 Å². The molecule has 2 rings (SSSR count). The molecule has 1 aromatic carbocycles. The van der Waals surface area contributed by atoms with Crippen LogP contribution in [-0.4, -0.2) is 9.55 Å². The predicted molar refractivity (Wildman–Crippen MR) is 75.5 cm³/mol. The highest BCUT2D eigenvalue weighted by Crippen LogP contribution is 2.29. The second-order valence-electron chi connectivity index (χ2n) is 4.24. The van der Waals surface area contributed by atoms with Crippen molar-refractivity contribution in [1.82, 2.24) is 9.55 Å². The van der Waals surface area contributed by atoms with E-state index in [9.17, 15) is 18.0 Å². The normalized spacial score (nSPS) is 11.7. The van der Waals surface area contributed by atoms with E-state index < -0.39 is 17.4 Å². The minimum absolute atomic E-state index is 0.00907. The molecule has 21 heavy (non-hydrogen) atoms. The van der Waals surface area contributed by atoms with Gasteiger partial charge >= 0.3 is 6.18 Å². The second-order valence-corrected chi connectivity index (χ2v) is 5.62. The fraction of sp³-hybridized carbons (Fsp3) is 0.231.